The Hall–Kier alpha value is -2.63. The standard InChI is InChI=1S/C21H23N3O2/c22-12-3-1-2-5-14-8-10-15(11-9-14)20-17-13-26-24-21(25)16-6-4-7-18(23-20)19(16)17/h4,6-11,23H,1-3,5,12-13,22H2,(H,24,25). The predicted octanol–water partition coefficient (Wildman–Crippen LogP) is 3.68. The summed E-state index contributed by atoms with van der Waals surface area (Å²) in [6, 6.07) is 14.3. The molecule has 26 heavy (non-hydrogen) atoms. The Bertz CT molecular complexity index is 928. The lowest BCUT2D eigenvalue weighted by atomic mass is 10.00. The monoisotopic (exact) mass is 349 g/mol. The average molecular weight is 349 g/mol. The van der Waals surface area contributed by atoms with Crippen molar-refractivity contribution in [2.75, 3.05) is 6.54 Å². The summed E-state index contributed by atoms with van der Waals surface area (Å²) in [5.41, 5.74) is 14.1. The highest BCUT2D eigenvalue weighted by Crippen LogP contribution is 2.34. The van der Waals surface area contributed by atoms with Gasteiger partial charge in [-0.1, -0.05) is 36.8 Å². The summed E-state index contributed by atoms with van der Waals surface area (Å²) in [5.74, 6) is -0.201. The Kier molecular flexibility index (Phi) is 4.73. The summed E-state index contributed by atoms with van der Waals surface area (Å²) in [6.07, 6.45) is 4.50. The molecule has 134 valence electrons. The molecule has 0 saturated heterocycles. The molecule has 1 aliphatic rings. The van der Waals surface area contributed by atoms with Gasteiger partial charge in [-0.2, -0.15) is 0 Å². The van der Waals surface area contributed by atoms with Crippen molar-refractivity contribution in [3.05, 3.63) is 59.2 Å². The van der Waals surface area contributed by atoms with E-state index in [1.165, 1.54) is 18.4 Å². The van der Waals surface area contributed by atoms with Crippen molar-refractivity contribution < 1.29 is 9.63 Å². The van der Waals surface area contributed by atoms with Crippen molar-refractivity contribution in [3.63, 3.8) is 0 Å². The number of hydrogen-bond donors (Lipinski definition) is 3. The third kappa shape index (κ3) is 3.11. The van der Waals surface area contributed by atoms with Crippen molar-refractivity contribution in [1.29, 1.82) is 0 Å². The zero-order valence-corrected chi connectivity index (χ0v) is 14.7. The van der Waals surface area contributed by atoms with Gasteiger partial charge in [-0.15, -0.1) is 0 Å². The van der Waals surface area contributed by atoms with Crippen molar-refractivity contribution in [1.82, 2.24) is 10.5 Å². The van der Waals surface area contributed by atoms with E-state index < -0.39 is 0 Å². The first-order valence-electron chi connectivity index (χ1n) is 9.13. The molecule has 3 aromatic rings. The molecule has 2 heterocycles. The molecule has 0 saturated carbocycles. The molecule has 4 N–H and O–H groups in total. The highest BCUT2D eigenvalue weighted by molar-refractivity contribution is 6.09. The average Bonchev–Trinajstić information content (AvgIpc) is 2.95. The number of aromatic nitrogens is 1. The van der Waals surface area contributed by atoms with E-state index in [4.69, 9.17) is 10.6 Å². The van der Waals surface area contributed by atoms with Crippen LogP contribution in [0.2, 0.25) is 0 Å². The normalized spacial score (nSPS) is 13.7. The number of carbonyl (C=O) groups is 1. The summed E-state index contributed by atoms with van der Waals surface area (Å²) >= 11 is 0. The molecule has 5 nitrogen and oxygen atoms in total. The second-order valence-electron chi connectivity index (χ2n) is 6.72. The van der Waals surface area contributed by atoms with Crippen LogP contribution < -0.4 is 11.2 Å². The number of nitrogens with one attached hydrogen (secondary N) is 2. The van der Waals surface area contributed by atoms with Crippen LogP contribution in [0.5, 0.6) is 0 Å². The maximum Gasteiger partial charge on any atom is 0.275 e. The van der Waals surface area contributed by atoms with Gasteiger partial charge in [0.25, 0.3) is 5.91 Å². The largest absolute Gasteiger partial charge is 0.354 e. The third-order valence-electron chi connectivity index (χ3n) is 4.97. The number of H-pyrrole nitrogens is 1. The van der Waals surface area contributed by atoms with Gasteiger partial charge in [0, 0.05) is 16.5 Å². The fourth-order valence-electron chi connectivity index (χ4n) is 3.61. The number of hydrogen-bond acceptors (Lipinski definition) is 3. The minimum Gasteiger partial charge on any atom is -0.354 e. The molecular weight excluding hydrogens is 326 g/mol. The van der Waals surface area contributed by atoms with E-state index in [9.17, 15) is 4.79 Å². The molecule has 5 heteroatoms. The number of benzene rings is 2. The van der Waals surface area contributed by atoms with E-state index in [0.29, 0.717) is 12.2 Å². The molecule has 0 spiro atoms. The Morgan fingerprint density at radius 1 is 1.04 bits per heavy atom. The third-order valence-corrected chi connectivity index (χ3v) is 4.97. The number of amides is 1. The van der Waals surface area contributed by atoms with Gasteiger partial charge in [0.15, 0.2) is 0 Å². The first kappa shape index (κ1) is 16.8. The molecule has 1 aromatic heterocycles. The lowest BCUT2D eigenvalue weighted by Gasteiger charge is -2.06. The van der Waals surface area contributed by atoms with Crippen LogP contribution in [-0.4, -0.2) is 17.4 Å². The number of aromatic amines is 1. The Labute approximate surface area is 152 Å². The van der Waals surface area contributed by atoms with Crippen molar-refractivity contribution in [2.24, 2.45) is 5.73 Å². The molecule has 0 aliphatic carbocycles. The minimum atomic E-state index is -0.201. The van der Waals surface area contributed by atoms with Gasteiger partial charge in [-0.3, -0.25) is 9.63 Å². The van der Waals surface area contributed by atoms with Gasteiger partial charge in [0.2, 0.25) is 0 Å². The van der Waals surface area contributed by atoms with Crippen LogP contribution in [0.4, 0.5) is 0 Å². The van der Waals surface area contributed by atoms with Gasteiger partial charge in [0.1, 0.15) is 6.61 Å². The van der Waals surface area contributed by atoms with Crippen LogP contribution in [0, 0.1) is 0 Å². The number of aryl methyl sites for hydroxylation is 1. The fourth-order valence-corrected chi connectivity index (χ4v) is 3.61. The van der Waals surface area contributed by atoms with E-state index in [2.05, 4.69) is 34.7 Å². The van der Waals surface area contributed by atoms with Crippen LogP contribution >= 0.6 is 0 Å². The minimum absolute atomic E-state index is 0.201. The first-order valence-corrected chi connectivity index (χ1v) is 9.13. The molecule has 1 amide bonds. The maximum atomic E-state index is 12.2. The molecular formula is C21H23N3O2. The van der Waals surface area contributed by atoms with E-state index in [0.717, 1.165) is 47.1 Å². The number of nitrogens with two attached hydrogens (primary N) is 1. The first-order chi connectivity index (χ1) is 12.8. The van der Waals surface area contributed by atoms with E-state index in [1.807, 2.05) is 18.2 Å². The second kappa shape index (κ2) is 7.32. The van der Waals surface area contributed by atoms with Crippen LogP contribution in [0.1, 0.15) is 40.7 Å². The summed E-state index contributed by atoms with van der Waals surface area (Å²) < 4.78 is 0. The number of hydroxylamine groups is 1. The number of carbonyl (C=O) groups excluding carboxylic acids is 1. The Balaban J connectivity index is 1.65. The van der Waals surface area contributed by atoms with Crippen molar-refractivity contribution >= 4 is 16.8 Å². The molecule has 1 aliphatic heterocycles. The topological polar surface area (TPSA) is 80.1 Å². The number of rotatable bonds is 6. The Morgan fingerprint density at radius 2 is 1.88 bits per heavy atom. The Morgan fingerprint density at radius 3 is 2.69 bits per heavy atom. The van der Waals surface area contributed by atoms with Gasteiger partial charge in [-0.25, -0.2) is 5.48 Å². The lowest BCUT2D eigenvalue weighted by Crippen LogP contribution is -2.21. The summed E-state index contributed by atoms with van der Waals surface area (Å²) in [5, 5.41) is 0.948. The zero-order valence-electron chi connectivity index (χ0n) is 14.7. The van der Waals surface area contributed by atoms with Crippen molar-refractivity contribution in [2.45, 2.75) is 32.3 Å². The quantitative estimate of drug-likeness (QED) is 0.594. The summed E-state index contributed by atoms with van der Waals surface area (Å²) in [7, 11) is 0. The molecule has 0 radical (unpaired) electrons. The molecule has 0 fully saturated rings. The maximum absolute atomic E-state index is 12.2. The van der Waals surface area contributed by atoms with Crippen LogP contribution in [-0.2, 0) is 17.9 Å². The highest BCUT2D eigenvalue weighted by atomic mass is 16.6. The number of unbranched alkanes of at least 4 members (excludes halogenated alkanes) is 2. The molecule has 4 rings (SSSR count). The highest BCUT2D eigenvalue weighted by Gasteiger charge is 2.22. The molecule has 2 aromatic carbocycles. The van der Waals surface area contributed by atoms with Crippen LogP contribution in [0.25, 0.3) is 22.2 Å². The SMILES string of the molecule is NCCCCCc1ccc(-c2[nH]c3cccc4c3c2CONC4=O)cc1. The van der Waals surface area contributed by atoms with E-state index in [1.54, 1.807) is 0 Å². The van der Waals surface area contributed by atoms with Crippen LogP contribution in [0.3, 0.4) is 0 Å². The lowest BCUT2D eigenvalue weighted by molar-refractivity contribution is 0.0256. The zero-order chi connectivity index (χ0) is 17.9. The molecule has 0 bridgehead atoms. The predicted molar refractivity (Wildman–Crippen MR) is 103 cm³/mol. The molecule has 0 atom stereocenters. The van der Waals surface area contributed by atoms with E-state index >= 15 is 0 Å². The smallest absolute Gasteiger partial charge is 0.275 e. The van der Waals surface area contributed by atoms with Crippen molar-refractivity contribution in [3.8, 4) is 11.3 Å². The second-order valence-corrected chi connectivity index (χ2v) is 6.72. The molecule has 0 unspecified atom stereocenters. The van der Waals surface area contributed by atoms with Gasteiger partial charge in [-0.05, 0) is 49.1 Å². The van der Waals surface area contributed by atoms with E-state index in [-0.39, 0.29) is 5.91 Å². The van der Waals surface area contributed by atoms with Crippen LogP contribution in [0.15, 0.2) is 42.5 Å². The van der Waals surface area contributed by atoms with Gasteiger partial charge in [0.05, 0.1) is 11.3 Å². The van der Waals surface area contributed by atoms with Gasteiger partial charge < -0.3 is 10.7 Å². The fraction of sp³-hybridized carbons (Fsp3) is 0.286. The summed E-state index contributed by atoms with van der Waals surface area (Å²) in [4.78, 5) is 21.0. The van der Waals surface area contributed by atoms with Gasteiger partial charge >= 0.3 is 0 Å². The summed E-state index contributed by atoms with van der Waals surface area (Å²) in [6.45, 7) is 1.11.